The molecule has 0 aromatic heterocycles. The van der Waals surface area contributed by atoms with Crippen LogP contribution >= 0.6 is 0 Å². The Labute approximate surface area is 87.9 Å². The van der Waals surface area contributed by atoms with E-state index in [-0.39, 0.29) is 5.92 Å². The van der Waals surface area contributed by atoms with Crippen LogP contribution in [0.15, 0.2) is 0 Å². The quantitative estimate of drug-likeness (QED) is 0.675. The topological polar surface area (TPSA) is 27.0 Å². The third-order valence-corrected chi connectivity index (χ3v) is 3.58. The van der Waals surface area contributed by atoms with Crippen molar-refractivity contribution in [2.45, 2.75) is 52.1 Å². The minimum absolute atomic E-state index is 0.249. The molecule has 0 bridgehead atoms. The van der Waals surface area contributed by atoms with E-state index in [1.165, 1.54) is 12.8 Å². The first-order valence-electron chi connectivity index (χ1n) is 5.67. The van der Waals surface area contributed by atoms with Crippen LogP contribution in [0.25, 0.3) is 0 Å². The monoisotopic (exact) mass is 194 g/mol. The lowest BCUT2D eigenvalue weighted by Gasteiger charge is -2.39. The number of rotatable bonds is 2. The highest BCUT2D eigenvalue weighted by Crippen LogP contribution is 2.31. The first-order valence-corrected chi connectivity index (χ1v) is 5.67. The number of hydrogen-bond acceptors (Lipinski definition) is 2. The normalized spacial score (nSPS) is 33.4. The van der Waals surface area contributed by atoms with Crippen LogP contribution in [0.2, 0.25) is 0 Å². The summed E-state index contributed by atoms with van der Waals surface area (Å²) in [6, 6.07) is 3.49. The molecule has 0 heterocycles. The zero-order chi connectivity index (χ0) is 10.7. The van der Waals surface area contributed by atoms with Crippen LogP contribution < -0.4 is 0 Å². The van der Waals surface area contributed by atoms with E-state index >= 15 is 0 Å². The summed E-state index contributed by atoms with van der Waals surface area (Å²) >= 11 is 0. The van der Waals surface area contributed by atoms with Gasteiger partial charge in [0.05, 0.1) is 12.0 Å². The molecule has 0 aromatic carbocycles. The summed E-state index contributed by atoms with van der Waals surface area (Å²) in [5.41, 5.74) is 0. The fourth-order valence-corrected chi connectivity index (χ4v) is 2.33. The molecular formula is C12H22N2. The predicted molar refractivity (Wildman–Crippen MR) is 58.8 cm³/mol. The molecule has 80 valence electrons. The van der Waals surface area contributed by atoms with Gasteiger partial charge in [0.2, 0.25) is 0 Å². The van der Waals surface area contributed by atoms with E-state index in [0.29, 0.717) is 12.1 Å². The Hall–Kier alpha value is -0.550. The van der Waals surface area contributed by atoms with Crippen molar-refractivity contribution in [1.82, 2.24) is 4.90 Å². The fraction of sp³-hybridized carbons (Fsp3) is 0.917. The highest BCUT2D eigenvalue weighted by atomic mass is 15.2. The van der Waals surface area contributed by atoms with Gasteiger partial charge in [-0.25, -0.2) is 0 Å². The Morgan fingerprint density at radius 3 is 2.50 bits per heavy atom. The number of nitrogens with zero attached hydrogens (tertiary/aromatic N) is 2. The molecule has 14 heavy (non-hydrogen) atoms. The average molecular weight is 194 g/mol. The molecule has 3 unspecified atom stereocenters. The zero-order valence-electron chi connectivity index (χ0n) is 9.83. The molecule has 0 radical (unpaired) electrons. The lowest BCUT2D eigenvalue weighted by molar-refractivity contribution is 0.104. The van der Waals surface area contributed by atoms with Crippen molar-refractivity contribution < 1.29 is 0 Å². The molecule has 1 saturated carbocycles. The van der Waals surface area contributed by atoms with Crippen molar-refractivity contribution in [3.63, 3.8) is 0 Å². The van der Waals surface area contributed by atoms with Gasteiger partial charge >= 0.3 is 0 Å². The van der Waals surface area contributed by atoms with E-state index in [1.54, 1.807) is 0 Å². The van der Waals surface area contributed by atoms with Crippen molar-refractivity contribution in [2.24, 2.45) is 11.8 Å². The first-order chi connectivity index (χ1) is 6.56. The van der Waals surface area contributed by atoms with Gasteiger partial charge in [0.1, 0.15) is 0 Å². The molecule has 0 spiro atoms. The van der Waals surface area contributed by atoms with Crippen LogP contribution in [-0.2, 0) is 0 Å². The summed E-state index contributed by atoms with van der Waals surface area (Å²) in [5.74, 6) is 1.03. The molecule has 1 aliphatic carbocycles. The Bertz CT molecular complexity index is 217. The molecule has 1 fully saturated rings. The molecule has 2 nitrogen and oxygen atoms in total. The van der Waals surface area contributed by atoms with Crippen molar-refractivity contribution in [2.75, 3.05) is 7.05 Å². The number of hydrogen-bond donors (Lipinski definition) is 0. The van der Waals surface area contributed by atoms with Crippen molar-refractivity contribution in [1.29, 1.82) is 5.26 Å². The van der Waals surface area contributed by atoms with E-state index in [4.69, 9.17) is 5.26 Å². The van der Waals surface area contributed by atoms with Gasteiger partial charge in [-0.15, -0.1) is 0 Å². The van der Waals surface area contributed by atoms with Crippen LogP contribution in [0.4, 0.5) is 0 Å². The first kappa shape index (κ1) is 11.5. The Morgan fingerprint density at radius 2 is 2.00 bits per heavy atom. The highest BCUT2D eigenvalue weighted by molar-refractivity contribution is 4.96. The van der Waals surface area contributed by atoms with Crippen LogP contribution in [0.1, 0.15) is 40.0 Å². The molecule has 1 aliphatic rings. The largest absolute Gasteiger partial charge is 0.300 e. The summed E-state index contributed by atoms with van der Waals surface area (Å²) in [6.45, 7) is 6.70. The smallest absolute Gasteiger partial charge is 0.0672 e. The van der Waals surface area contributed by atoms with E-state index in [1.807, 2.05) is 0 Å². The second kappa shape index (κ2) is 4.79. The van der Waals surface area contributed by atoms with Crippen LogP contribution in [0, 0.1) is 23.2 Å². The van der Waals surface area contributed by atoms with Crippen LogP contribution in [0.3, 0.4) is 0 Å². The van der Waals surface area contributed by atoms with Crippen LogP contribution in [0.5, 0.6) is 0 Å². The minimum Gasteiger partial charge on any atom is -0.300 e. The zero-order valence-corrected chi connectivity index (χ0v) is 9.83. The summed E-state index contributed by atoms with van der Waals surface area (Å²) < 4.78 is 0. The van der Waals surface area contributed by atoms with Gasteiger partial charge in [-0.2, -0.15) is 5.26 Å². The van der Waals surface area contributed by atoms with E-state index in [0.717, 1.165) is 12.3 Å². The van der Waals surface area contributed by atoms with Gasteiger partial charge in [0.15, 0.2) is 0 Å². The molecule has 2 heteroatoms. The van der Waals surface area contributed by atoms with Gasteiger partial charge in [0, 0.05) is 12.1 Å². The van der Waals surface area contributed by atoms with E-state index < -0.39 is 0 Å². The predicted octanol–water partition coefficient (Wildman–Crippen LogP) is 2.65. The van der Waals surface area contributed by atoms with Gasteiger partial charge in [-0.05, 0) is 46.1 Å². The number of nitriles is 1. The molecule has 0 aliphatic heterocycles. The lowest BCUT2D eigenvalue weighted by atomic mass is 9.79. The maximum atomic E-state index is 9.10. The summed E-state index contributed by atoms with van der Waals surface area (Å²) in [4.78, 5) is 2.36. The van der Waals surface area contributed by atoms with Gasteiger partial charge in [0.25, 0.3) is 0 Å². The Balaban J connectivity index is 2.66. The second-order valence-corrected chi connectivity index (χ2v) is 4.98. The molecule has 3 atom stereocenters. The van der Waals surface area contributed by atoms with Gasteiger partial charge in [-0.3, -0.25) is 4.90 Å². The SMILES string of the molecule is CC1CCC(C#N)C(N(C)C(C)C)C1. The van der Waals surface area contributed by atoms with Crippen molar-refractivity contribution in [3.8, 4) is 6.07 Å². The maximum Gasteiger partial charge on any atom is 0.0672 e. The Kier molecular flexibility index (Phi) is 3.95. The third kappa shape index (κ3) is 2.48. The maximum absolute atomic E-state index is 9.10. The molecule has 0 saturated heterocycles. The van der Waals surface area contributed by atoms with Crippen molar-refractivity contribution >= 4 is 0 Å². The molecule has 0 N–H and O–H groups in total. The fourth-order valence-electron chi connectivity index (χ4n) is 2.33. The standard InChI is InChI=1S/C12H22N2/c1-9(2)14(4)12-7-10(3)5-6-11(12)8-13/h9-12H,5-7H2,1-4H3. The molecule has 1 rings (SSSR count). The summed E-state index contributed by atoms with van der Waals surface area (Å²) in [5, 5.41) is 9.10. The Morgan fingerprint density at radius 1 is 1.36 bits per heavy atom. The highest BCUT2D eigenvalue weighted by Gasteiger charge is 2.32. The molecule has 0 aromatic rings. The third-order valence-electron chi connectivity index (χ3n) is 3.58. The lowest BCUT2D eigenvalue weighted by Crippen LogP contribution is -2.44. The minimum atomic E-state index is 0.249. The molecule has 0 amide bonds. The van der Waals surface area contributed by atoms with Crippen LogP contribution in [-0.4, -0.2) is 24.0 Å². The van der Waals surface area contributed by atoms with E-state index in [2.05, 4.69) is 38.8 Å². The summed E-state index contributed by atoms with van der Waals surface area (Å²) in [7, 11) is 2.15. The van der Waals surface area contributed by atoms with E-state index in [9.17, 15) is 0 Å². The molecular weight excluding hydrogens is 172 g/mol. The van der Waals surface area contributed by atoms with Gasteiger partial charge in [-0.1, -0.05) is 6.92 Å². The average Bonchev–Trinajstić information content (AvgIpc) is 2.16. The second-order valence-electron chi connectivity index (χ2n) is 4.98. The summed E-state index contributed by atoms with van der Waals surface area (Å²) in [6.07, 6.45) is 3.49. The van der Waals surface area contributed by atoms with Crippen molar-refractivity contribution in [3.05, 3.63) is 0 Å². The van der Waals surface area contributed by atoms with Gasteiger partial charge < -0.3 is 0 Å².